The van der Waals surface area contributed by atoms with Gasteiger partial charge in [0.2, 0.25) is 0 Å². The van der Waals surface area contributed by atoms with Gasteiger partial charge in [0.15, 0.2) is 0 Å². The molecule has 0 aliphatic carbocycles. The molecule has 0 amide bonds. The topological polar surface area (TPSA) is 27.1 Å². The third kappa shape index (κ3) is 1.71. The highest BCUT2D eigenvalue weighted by Crippen LogP contribution is 2.23. The SMILES string of the molecule is Cc1ccc2nn(C3CCOCC3)cc2c1. The van der Waals surface area contributed by atoms with Crippen molar-refractivity contribution in [2.45, 2.75) is 25.8 Å². The summed E-state index contributed by atoms with van der Waals surface area (Å²) in [6, 6.07) is 6.92. The standard InChI is InChI=1S/C13H16N2O/c1-10-2-3-13-11(8-10)9-15(14-13)12-4-6-16-7-5-12/h2-3,8-9,12H,4-7H2,1H3. The Morgan fingerprint density at radius 2 is 2.12 bits per heavy atom. The van der Waals surface area contributed by atoms with Gasteiger partial charge in [0.1, 0.15) is 0 Å². The van der Waals surface area contributed by atoms with E-state index in [1.165, 1.54) is 10.9 Å². The van der Waals surface area contributed by atoms with Crippen molar-refractivity contribution >= 4 is 10.9 Å². The minimum absolute atomic E-state index is 0.515. The van der Waals surface area contributed by atoms with Gasteiger partial charge in [-0.15, -0.1) is 0 Å². The molecule has 1 saturated heterocycles. The number of aromatic nitrogens is 2. The third-order valence-electron chi connectivity index (χ3n) is 3.24. The minimum atomic E-state index is 0.515. The molecule has 1 aromatic heterocycles. The lowest BCUT2D eigenvalue weighted by molar-refractivity contribution is 0.0664. The maximum Gasteiger partial charge on any atom is 0.0923 e. The summed E-state index contributed by atoms with van der Waals surface area (Å²) in [4.78, 5) is 0. The maximum absolute atomic E-state index is 5.37. The Morgan fingerprint density at radius 3 is 2.94 bits per heavy atom. The van der Waals surface area contributed by atoms with Crippen LogP contribution in [-0.2, 0) is 4.74 Å². The number of hydrogen-bond acceptors (Lipinski definition) is 2. The molecule has 2 heterocycles. The van der Waals surface area contributed by atoms with E-state index in [1.807, 2.05) is 0 Å². The van der Waals surface area contributed by atoms with Crippen LogP contribution in [0.4, 0.5) is 0 Å². The van der Waals surface area contributed by atoms with Crippen molar-refractivity contribution in [1.29, 1.82) is 0 Å². The van der Waals surface area contributed by atoms with E-state index in [4.69, 9.17) is 4.74 Å². The third-order valence-corrected chi connectivity index (χ3v) is 3.24. The van der Waals surface area contributed by atoms with Crippen molar-refractivity contribution < 1.29 is 4.74 Å². The van der Waals surface area contributed by atoms with Gasteiger partial charge in [-0.25, -0.2) is 0 Å². The van der Waals surface area contributed by atoms with Crippen molar-refractivity contribution in [3.63, 3.8) is 0 Å². The molecular weight excluding hydrogens is 200 g/mol. The second kappa shape index (κ2) is 3.91. The van der Waals surface area contributed by atoms with Gasteiger partial charge in [0.05, 0.1) is 11.6 Å². The van der Waals surface area contributed by atoms with Gasteiger partial charge in [0, 0.05) is 24.8 Å². The molecule has 1 fully saturated rings. The number of benzene rings is 1. The van der Waals surface area contributed by atoms with E-state index in [0.717, 1.165) is 31.6 Å². The van der Waals surface area contributed by atoms with Crippen molar-refractivity contribution in [2.24, 2.45) is 0 Å². The fourth-order valence-electron chi connectivity index (χ4n) is 2.30. The molecule has 0 saturated carbocycles. The van der Waals surface area contributed by atoms with Crippen LogP contribution in [0.1, 0.15) is 24.4 Å². The molecule has 1 aliphatic heterocycles. The highest BCUT2D eigenvalue weighted by molar-refractivity contribution is 5.78. The van der Waals surface area contributed by atoms with Crippen LogP contribution >= 0.6 is 0 Å². The van der Waals surface area contributed by atoms with Crippen molar-refractivity contribution in [1.82, 2.24) is 9.78 Å². The minimum Gasteiger partial charge on any atom is -0.381 e. The lowest BCUT2D eigenvalue weighted by Crippen LogP contribution is -2.19. The number of ether oxygens (including phenoxy) is 1. The smallest absolute Gasteiger partial charge is 0.0923 e. The fourth-order valence-corrected chi connectivity index (χ4v) is 2.30. The Morgan fingerprint density at radius 1 is 1.31 bits per heavy atom. The van der Waals surface area contributed by atoms with Crippen LogP contribution in [-0.4, -0.2) is 23.0 Å². The lowest BCUT2D eigenvalue weighted by Gasteiger charge is -2.22. The van der Waals surface area contributed by atoms with Crippen LogP contribution in [0.15, 0.2) is 24.4 Å². The van der Waals surface area contributed by atoms with Gasteiger partial charge in [-0.2, -0.15) is 5.10 Å². The molecule has 0 bridgehead atoms. The molecule has 1 aliphatic rings. The molecule has 16 heavy (non-hydrogen) atoms. The van der Waals surface area contributed by atoms with Crippen LogP contribution in [0.25, 0.3) is 10.9 Å². The number of hydrogen-bond donors (Lipinski definition) is 0. The largest absolute Gasteiger partial charge is 0.381 e. The average Bonchev–Trinajstić information content (AvgIpc) is 2.73. The molecule has 1 aromatic carbocycles. The van der Waals surface area contributed by atoms with Gasteiger partial charge in [-0.3, -0.25) is 4.68 Å². The average molecular weight is 216 g/mol. The van der Waals surface area contributed by atoms with Gasteiger partial charge >= 0.3 is 0 Å². The fraction of sp³-hybridized carbons (Fsp3) is 0.462. The highest BCUT2D eigenvalue weighted by Gasteiger charge is 2.16. The molecule has 3 heteroatoms. The Bertz CT molecular complexity index is 498. The summed E-state index contributed by atoms with van der Waals surface area (Å²) in [5.74, 6) is 0. The molecule has 0 radical (unpaired) electrons. The van der Waals surface area contributed by atoms with Crippen molar-refractivity contribution in [3.05, 3.63) is 30.0 Å². The van der Waals surface area contributed by atoms with Crippen LogP contribution in [0.3, 0.4) is 0 Å². The molecule has 0 spiro atoms. The molecule has 3 nitrogen and oxygen atoms in total. The monoisotopic (exact) mass is 216 g/mol. The Balaban J connectivity index is 1.97. The quantitative estimate of drug-likeness (QED) is 0.732. The van der Waals surface area contributed by atoms with E-state index in [-0.39, 0.29) is 0 Å². The molecule has 84 valence electrons. The first kappa shape index (κ1) is 9.85. The van der Waals surface area contributed by atoms with E-state index in [1.54, 1.807) is 0 Å². The lowest BCUT2D eigenvalue weighted by atomic mass is 10.1. The summed E-state index contributed by atoms with van der Waals surface area (Å²) in [7, 11) is 0. The first-order valence-corrected chi connectivity index (χ1v) is 5.86. The first-order valence-electron chi connectivity index (χ1n) is 5.86. The predicted octanol–water partition coefficient (Wildman–Crippen LogP) is 2.70. The molecule has 3 rings (SSSR count). The molecule has 0 unspecified atom stereocenters. The van der Waals surface area contributed by atoms with Gasteiger partial charge in [-0.05, 0) is 31.9 Å². The van der Waals surface area contributed by atoms with Crippen LogP contribution in [0, 0.1) is 6.92 Å². The summed E-state index contributed by atoms with van der Waals surface area (Å²) < 4.78 is 7.49. The number of rotatable bonds is 1. The predicted molar refractivity (Wildman–Crippen MR) is 63.6 cm³/mol. The summed E-state index contributed by atoms with van der Waals surface area (Å²) >= 11 is 0. The zero-order valence-electron chi connectivity index (χ0n) is 9.52. The second-order valence-corrected chi connectivity index (χ2v) is 4.51. The summed E-state index contributed by atoms with van der Waals surface area (Å²) in [5.41, 5.74) is 2.39. The van der Waals surface area contributed by atoms with Gasteiger partial charge < -0.3 is 4.74 Å². The number of aryl methyl sites for hydroxylation is 1. The van der Waals surface area contributed by atoms with E-state index >= 15 is 0 Å². The van der Waals surface area contributed by atoms with Crippen LogP contribution in [0.5, 0.6) is 0 Å². The molecule has 2 aromatic rings. The number of fused-ring (bicyclic) bond motifs is 1. The maximum atomic E-state index is 5.37. The molecule has 0 N–H and O–H groups in total. The molecule has 0 atom stereocenters. The summed E-state index contributed by atoms with van der Waals surface area (Å²) in [5, 5.41) is 5.88. The Hall–Kier alpha value is -1.35. The zero-order valence-corrected chi connectivity index (χ0v) is 9.52. The first-order chi connectivity index (χ1) is 7.83. The van der Waals surface area contributed by atoms with Crippen molar-refractivity contribution in [3.8, 4) is 0 Å². The van der Waals surface area contributed by atoms with Crippen LogP contribution in [0.2, 0.25) is 0 Å². The van der Waals surface area contributed by atoms with Gasteiger partial charge in [-0.1, -0.05) is 11.6 Å². The Labute approximate surface area is 95.0 Å². The molecular formula is C13H16N2O. The van der Waals surface area contributed by atoms with E-state index in [9.17, 15) is 0 Å². The van der Waals surface area contributed by atoms with Crippen molar-refractivity contribution in [2.75, 3.05) is 13.2 Å². The zero-order chi connectivity index (χ0) is 11.0. The highest BCUT2D eigenvalue weighted by atomic mass is 16.5. The van der Waals surface area contributed by atoms with E-state index in [2.05, 4.69) is 41.1 Å². The van der Waals surface area contributed by atoms with E-state index < -0.39 is 0 Å². The second-order valence-electron chi connectivity index (χ2n) is 4.51. The Kier molecular flexibility index (Phi) is 2.40. The summed E-state index contributed by atoms with van der Waals surface area (Å²) in [6.45, 7) is 3.84. The number of nitrogens with zero attached hydrogens (tertiary/aromatic N) is 2. The normalized spacial score (nSPS) is 18.1. The van der Waals surface area contributed by atoms with E-state index in [0.29, 0.717) is 6.04 Å². The van der Waals surface area contributed by atoms with Gasteiger partial charge in [0.25, 0.3) is 0 Å². The van der Waals surface area contributed by atoms with Crippen LogP contribution < -0.4 is 0 Å². The summed E-state index contributed by atoms with van der Waals surface area (Å²) in [6.07, 6.45) is 4.32.